The van der Waals surface area contributed by atoms with Crippen LogP contribution in [0.4, 0.5) is 0 Å². The van der Waals surface area contributed by atoms with Gasteiger partial charge in [0.25, 0.3) is 5.91 Å². The van der Waals surface area contributed by atoms with Gasteiger partial charge in [0, 0.05) is 17.0 Å². The molecule has 0 bridgehead atoms. The number of benzene rings is 1. The van der Waals surface area contributed by atoms with Gasteiger partial charge >= 0.3 is 0 Å². The Morgan fingerprint density at radius 2 is 1.90 bits per heavy atom. The van der Waals surface area contributed by atoms with Gasteiger partial charge in [-0.05, 0) is 78.9 Å². The van der Waals surface area contributed by atoms with Crippen LogP contribution in [-0.4, -0.2) is 16.6 Å². The molecule has 1 aromatic carbocycles. The van der Waals surface area contributed by atoms with E-state index < -0.39 is 0 Å². The van der Waals surface area contributed by atoms with Crippen molar-refractivity contribution < 1.29 is 13.6 Å². The molecule has 3 heterocycles. The third-order valence-corrected chi connectivity index (χ3v) is 5.96. The summed E-state index contributed by atoms with van der Waals surface area (Å²) in [5, 5.41) is 7.02. The highest BCUT2D eigenvalue weighted by atomic mass is 35.5. The predicted molar refractivity (Wildman–Crippen MR) is 120 cm³/mol. The van der Waals surface area contributed by atoms with Crippen LogP contribution in [0.5, 0.6) is 0 Å². The van der Waals surface area contributed by atoms with Crippen LogP contribution in [0.2, 0.25) is 5.02 Å². The third kappa shape index (κ3) is 4.01. The lowest BCUT2D eigenvalue weighted by Crippen LogP contribution is -2.30. The number of hydrazone groups is 1. The Bertz CT molecular complexity index is 1140. The SMILES string of the molecule is O=C(/C=C/c1ccc(Cl)cc1)N1N=C2/C(=C/c3ccco3)CCC[C@@H]2[C@@H]1c1ccco1. The maximum Gasteiger partial charge on any atom is 0.267 e. The molecule has 2 aromatic heterocycles. The minimum atomic E-state index is -0.257. The Morgan fingerprint density at radius 3 is 2.65 bits per heavy atom. The molecular weight excluding hydrogens is 412 g/mol. The zero-order chi connectivity index (χ0) is 21.2. The first-order valence-corrected chi connectivity index (χ1v) is 10.7. The molecular formula is C25H21ClN2O3. The molecule has 1 aliphatic carbocycles. The van der Waals surface area contributed by atoms with Gasteiger partial charge in [-0.1, -0.05) is 23.7 Å². The first kappa shape index (κ1) is 19.6. The lowest BCUT2D eigenvalue weighted by atomic mass is 9.79. The molecule has 0 saturated heterocycles. The number of fused-ring (bicyclic) bond motifs is 1. The molecule has 3 aromatic rings. The molecule has 2 aliphatic rings. The van der Waals surface area contributed by atoms with Crippen LogP contribution in [0.25, 0.3) is 12.2 Å². The normalized spacial score (nSPS) is 22.2. The number of amides is 1. The highest BCUT2D eigenvalue weighted by Gasteiger charge is 2.44. The van der Waals surface area contributed by atoms with E-state index in [2.05, 4.69) is 0 Å². The molecule has 5 nitrogen and oxygen atoms in total. The van der Waals surface area contributed by atoms with Gasteiger partial charge < -0.3 is 8.83 Å². The molecule has 1 fully saturated rings. The zero-order valence-electron chi connectivity index (χ0n) is 16.8. The summed E-state index contributed by atoms with van der Waals surface area (Å²) in [6.45, 7) is 0. The van der Waals surface area contributed by atoms with E-state index in [0.29, 0.717) is 5.02 Å². The molecule has 1 aliphatic heterocycles. The number of allylic oxidation sites excluding steroid dienone is 1. The fourth-order valence-electron chi connectivity index (χ4n) is 4.28. The lowest BCUT2D eigenvalue weighted by molar-refractivity contribution is -0.128. The number of hydrogen-bond donors (Lipinski definition) is 0. The Balaban J connectivity index is 1.48. The van der Waals surface area contributed by atoms with E-state index in [1.165, 1.54) is 0 Å². The standard InChI is InChI=1S/C25H21ClN2O3/c26-19-11-8-17(9-12-19)10-13-23(29)28-25(22-7-3-15-31-22)21-6-1-4-18(24(21)27-28)16-20-5-2-14-30-20/h2-3,5,7-16,21,25H,1,4,6H2/b13-10+,18-16+/t21-,25+/m0/s1. The predicted octanol–water partition coefficient (Wildman–Crippen LogP) is 6.36. The highest BCUT2D eigenvalue weighted by Crippen LogP contribution is 2.44. The second-order valence-electron chi connectivity index (χ2n) is 7.70. The molecule has 6 heteroatoms. The summed E-state index contributed by atoms with van der Waals surface area (Å²) in [6, 6.07) is 14.6. The summed E-state index contributed by atoms with van der Waals surface area (Å²) in [6.07, 6.45) is 11.5. The number of nitrogens with zero attached hydrogens (tertiary/aromatic N) is 2. The monoisotopic (exact) mass is 432 g/mol. The van der Waals surface area contributed by atoms with E-state index in [1.54, 1.807) is 41.8 Å². The van der Waals surface area contributed by atoms with Gasteiger partial charge in [0.05, 0.1) is 18.2 Å². The Kier molecular flexibility index (Phi) is 5.35. The van der Waals surface area contributed by atoms with Crippen molar-refractivity contribution >= 4 is 35.4 Å². The van der Waals surface area contributed by atoms with Crippen LogP contribution >= 0.6 is 11.6 Å². The zero-order valence-corrected chi connectivity index (χ0v) is 17.5. The van der Waals surface area contributed by atoms with E-state index in [0.717, 1.165) is 47.6 Å². The maximum atomic E-state index is 13.2. The smallest absolute Gasteiger partial charge is 0.267 e. The fraction of sp³-hybridized carbons (Fsp3) is 0.200. The topological polar surface area (TPSA) is 59.0 Å². The Hall–Kier alpha value is -3.31. The minimum absolute atomic E-state index is 0.0917. The van der Waals surface area contributed by atoms with Gasteiger partial charge in [0.1, 0.15) is 17.6 Å². The average molecular weight is 433 g/mol. The molecule has 31 heavy (non-hydrogen) atoms. The molecule has 1 amide bonds. The Labute approximate surface area is 185 Å². The Morgan fingerprint density at radius 1 is 1.10 bits per heavy atom. The van der Waals surface area contributed by atoms with Gasteiger partial charge in [-0.25, -0.2) is 5.01 Å². The van der Waals surface area contributed by atoms with E-state index >= 15 is 0 Å². The van der Waals surface area contributed by atoms with Crippen molar-refractivity contribution in [3.8, 4) is 0 Å². The van der Waals surface area contributed by atoms with Crippen LogP contribution in [0, 0.1) is 5.92 Å². The first-order chi connectivity index (χ1) is 15.2. The summed E-state index contributed by atoms with van der Waals surface area (Å²) in [5.74, 6) is 1.45. The fourth-order valence-corrected chi connectivity index (χ4v) is 4.41. The van der Waals surface area contributed by atoms with Crippen molar-refractivity contribution in [2.45, 2.75) is 25.3 Å². The summed E-state index contributed by atoms with van der Waals surface area (Å²) in [5.41, 5.74) is 2.95. The number of furan rings is 2. The average Bonchev–Trinajstić information content (AvgIpc) is 3.54. The number of hydrogen-bond acceptors (Lipinski definition) is 4. The van der Waals surface area contributed by atoms with Crippen LogP contribution < -0.4 is 0 Å². The van der Waals surface area contributed by atoms with E-state index in [9.17, 15) is 4.79 Å². The number of carbonyl (C=O) groups excluding carboxylic acids is 1. The quantitative estimate of drug-likeness (QED) is 0.450. The number of halogens is 1. The maximum absolute atomic E-state index is 13.2. The van der Waals surface area contributed by atoms with Crippen molar-refractivity contribution in [1.82, 2.24) is 5.01 Å². The number of carbonyl (C=O) groups is 1. The second-order valence-corrected chi connectivity index (χ2v) is 8.13. The molecule has 0 radical (unpaired) electrons. The van der Waals surface area contributed by atoms with Gasteiger partial charge in [-0.3, -0.25) is 4.79 Å². The van der Waals surface area contributed by atoms with Crippen molar-refractivity contribution in [1.29, 1.82) is 0 Å². The molecule has 1 saturated carbocycles. The number of rotatable bonds is 4. The van der Waals surface area contributed by atoms with Crippen molar-refractivity contribution in [2.75, 3.05) is 0 Å². The molecule has 2 atom stereocenters. The second kappa shape index (κ2) is 8.44. The summed E-state index contributed by atoms with van der Waals surface area (Å²) in [7, 11) is 0. The van der Waals surface area contributed by atoms with Gasteiger partial charge in [-0.15, -0.1) is 0 Å². The summed E-state index contributed by atoms with van der Waals surface area (Å²) >= 11 is 5.95. The largest absolute Gasteiger partial charge is 0.467 e. The van der Waals surface area contributed by atoms with E-state index in [-0.39, 0.29) is 17.9 Å². The van der Waals surface area contributed by atoms with Gasteiger partial charge in [0.2, 0.25) is 0 Å². The van der Waals surface area contributed by atoms with Gasteiger partial charge in [-0.2, -0.15) is 5.10 Å². The van der Waals surface area contributed by atoms with E-state index in [1.807, 2.05) is 42.5 Å². The van der Waals surface area contributed by atoms with Crippen LogP contribution in [0.3, 0.4) is 0 Å². The van der Waals surface area contributed by atoms with Crippen molar-refractivity contribution in [3.63, 3.8) is 0 Å². The third-order valence-electron chi connectivity index (χ3n) is 5.71. The van der Waals surface area contributed by atoms with Crippen molar-refractivity contribution in [3.05, 3.63) is 94.8 Å². The lowest BCUT2D eigenvalue weighted by Gasteiger charge is -2.27. The molecule has 156 valence electrons. The summed E-state index contributed by atoms with van der Waals surface area (Å²) < 4.78 is 11.2. The van der Waals surface area contributed by atoms with Crippen LogP contribution in [0.15, 0.2) is 86.6 Å². The molecule has 0 N–H and O–H groups in total. The van der Waals surface area contributed by atoms with Crippen LogP contribution in [0.1, 0.15) is 42.4 Å². The van der Waals surface area contributed by atoms with E-state index in [4.69, 9.17) is 25.5 Å². The highest BCUT2D eigenvalue weighted by molar-refractivity contribution is 6.30. The minimum Gasteiger partial charge on any atom is -0.467 e. The molecule has 0 unspecified atom stereocenters. The van der Waals surface area contributed by atoms with Crippen molar-refractivity contribution in [2.24, 2.45) is 11.0 Å². The van der Waals surface area contributed by atoms with Gasteiger partial charge in [0.15, 0.2) is 0 Å². The summed E-state index contributed by atoms with van der Waals surface area (Å²) in [4.78, 5) is 13.2. The first-order valence-electron chi connectivity index (χ1n) is 10.3. The molecule has 5 rings (SSSR count). The van der Waals surface area contributed by atoms with Crippen LogP contribution in [-0.2, 0) is 4.79 Å². The molecule has 0 spiro atoms.